The molecule has 142 valence electrons. The number of allylic oxidation sites excluding steroid dienone is 4. The fraction of sp³-hybridized carbons (Fsp3) is 0.333. The lowest BCUT2D eigenvalue weighted by molar-refractivity contribution is 0.846. The van der Waals surface area contributed by atoms with Gasteiger partial charge >= 0.3 is 0 Å². The van der Waals surface area contributed by atoms with E-state index < -0.39 is 16.5 Å². The first-order valence-electron chi connectivity index (χ1n) is 9.90. The van der Waals surface area contributed by atoms with Gasteiger partial charge in [-0.25, -0.2) is 0 Å². The third-order valence-electron chi connectivity index (χ3n) is 6.19. The van der Waals surface area contributed by atoms with E-state index in [1.807, 2.05) is 0 Å². The van der Waals surface area contributed by atoms with Crippen molar-refractivity contribution in [3.8, 4) is 0 Å². The van der Waals surface area contributed by atoms with Gasteiger partial charge in [0, 0.05) is 5.04 Å². The predicted octanol–water partition coefficient (Wildman–Crippen LogP) is 5.23. The van der Waals surface area contributed by atoms with Crippen molar-refractivity contribution in [3.05, 3.63) is 83.5 Å². The van der Waals surface area contributed by atoms with Crippen LogP contribution in [0.4, 0.5) is 0 Å². The Labute approximate surface area is 167 Å². The Morgan fingerprint density at radius 1 is 0.741 bits per heavy atom. The zero-order valence-corrected chi connectivity index (χ0v) is 19.9. The molecule has 0 heterocycles. The monoisotopic (exact) mass is 391 g/mol. The Balaban J connectivity index is 2.42. The molecule has 0 saturated carbocycles. The quantitative estimate of drug-likeness (QED) is 0.688. The van der Waals surface area contributed by atoms with E-state index in [2.05, 4.69) is 119 Å². The predicted molar refractivity (Wildman–Crippen MR) is 125 cm³/mol. The lowest BCUT2D eigenvalue weighted by Crippen LogP contribution is -2.79. The standard InChI is InChI=1S/C24H33NSi2/c1-19-18-24(4,21(3)20(19)2)27(25-26(5,6)7,22-14-10-8-11-15-22)23-16-12-9-13-17-23/h8-18,25H,1-7H3. The number of rotatable bonds is 5. The fourth-order valence-electron chi connectivity index (χ4n) is 4.70. The first-order valence-corrected chi connectivity index (χ1v) is 15.4. The zero-order chi connectivity index (χ0) is 19.9. The van der Waals surface area contributed by atoms with Crippen LogP contribution in [0.1, 0.15) is 27.7 Å². The SMILES string of the molecule is CC1=CC(C)([Si](N[Si](C)(C)C)(c2ccccc2)c2ccccc2)C(C)=C1C. The number of nitrogens with one attached hydrogen (secondary N) is 1. The van der Waals surface area contributed by atoms with Crippen molar-refractivity contribution in [1.29, 1.82) is 0 Å². The summed E-state index contributed by atoms with van der Waals surface area (Å²) in [5, 5.41) is 2.95. The summed E-state index contributed by atoms with van der Waals surface area (Å²) in [5.41, 5.74) is 4.40. The first kappa shape index (κ1) is 20.1. The second-order valence-corrected chi connectivity index (χ2v) is 18.3. The van der Waals surface area contributed by atoms with Gasteiger partial charge in [-0.05, 0) is 36.7 Å². The third-order valence-corrected chi connectivity index (χ3v) is 15.2. The van der Waals surface area contributed by atoms with Gasteiger partial charge in [0.2, 0.25) is 0 Å². The molecule has 0 aliphatic heterocycles. The zero-order valence-electron chi connectivity index (χ0n) is 17.9. The summed E-state index contributed by atoms with van der Waals surface area (Å²) in [5.74, 6) is 0. The second kappa shape index (κ2) is 7.04. The van der Waals surface area contributed by atoms with E-state index in [1.165, 1.54) is 27.1 Å². The maximum Gasteiger partial charge on any atom is 0.197 e. The number of hydrogen-bond acceptors (Lipinski definition) is 1. The van der Waals surface area contributed by atoms with Gasteiger partial charge in [-0.1, -0.05) is 104 Å². The van der Waals surface area contributed by atoms with Crippen LogP contribution >= 0.6 is 0 Å². The molecule has 0 saturated heterocycles. The molecule has 0 spiro atoms. The van der Waals surface area contributed by atoms with Crippen LogP contribution in [0.5, 0.6) is 0 Å². The molecule has 0 amide bonds. The molecule has 1 nitrogen and oxygen atoms in total. The molecule has 2 aromatic carbocycles. The summed E-state index contributed by atoms with van der Waals surface area (Å²) >= 11 is 0. The van der Waals surface area contributed by atoms with E-state index in [1.54, 1.807) is 0 Å². The van der Waals surface area contributed by atoms with Crippen LogP contribution in [0.15, 0.2) is 83.5 Å². The third kappa shape index (κ3) is 3.33. The average Bonchev–Trinajstić information content (AvgIpc) is 2.84. The van der Waals surface area contributed by atoms with Gasteiger partial charge in [0.15, 0.2) is 8.24 Å². The van der Waals surface area contributed by atoms with Crippen LogP contribution in [-0.4, -0.2) is 16.5 Å². The van der Waals surface area contributed by atoms with Gasteiger partial charge in [-0.15, -0.1) is 0 Å². The molecule has 0 radical (unpaired) electrons. The van der Waals surface area contributed by atoms with Crippen molar-refractivity contribution in [3.63, 3.8) is 0 Å². The highest BCUT2D eigenvalue weighted by molar-refractivity contribution is 7.09. The van der Waals surface area contributed by atoms with Crippen molar-refractivity contribution < 1.29 is 0 Å². The highest BCUT2D eigenvalue weighted by atomic mass is 28.4. The number of hydrogen-bond donors (Lipinski definition) is 1. The number of benzene rings is 2. The first-order chi connectivity index (χ1) is 12.6. The minimum atomic E-state index is -2.34. The second-order valence-electron chi connectivity index (χ2n) is 9.14. The van der Waals surface area contributed by atoms with Crippen LogP contribution in [0, 0.1) is 0 Å². The van der Waals surface area contributed by atoms with Gasteiger partial charge < -0.3 is 4.65 Å². The van der Waals surface area contributed by atoms with Gasteiger partial charge in [-0.2, -0.15) is 0 Å². The van der Waals surface area contributed by atoms with Gasteiger partial charge in [0.25, 0.3) is 0 Å². The van der Waals surface area contributed by atoms with E-state index in [-0.39, 0.29) is 5.04 Å². The summed E-state index contributed by atoms with van der Waals surface area (Å²) in [6.45, 7) is 16.7. The van der Waals surface area contributed by atoms with Crippen molar-refractivity contribution >= 4 is 26.8 Å². The van der Waals surface area contributed by atoms with Crippen molar-refractivity contribution in [2.24, 2.45) is 0 Å². The van der Waals surface area contributed by atoms with Crippen LogP contribution < -0.4 is 15.0 Å². The molecular weight excluding hydrogens is 358 g/mol. The Bertz CT molecular complexity index is 836. The van der Waals surface area contributed by atoms with Crippen LogP contribution in [0.2, 0.25) is 24.7 Å². The van der Waals surface area contributed by atoms with Gasteiger partial charge in [0.1, 0.15) is 8.24 Å². The van der Waals surface area contributed by atoms with Crippen LogP contribution in [-0.2, 0) is 0 Å². The molecule has 1 N–H and O–H groups in total. The average molecular weight is 392 g/mol. The molecule has 27 heavy (non-hydrogen) atoms. The molecule has 3 rings (SSSR count). The Morgan fingerprint density at radius 3 is 1.52 bits per heavy atom. The molecule has 1 aliphatic rings. The maximum atomic E-state index is 4.36. The normalized spacial score (nSPS) is 20.8. The molecule has 2 aromatic rings. The van der Waals surface area contributed by atoms with Gasteiger partial charge in [0.05, 0.1) is 0 Å². The summed E-state index contributed by atoms with van der Waals surface area (Å²) in [7, 11) is -3.93. The minimum Gasteiger partial charge on any atom is -0.352 e. The topological polar surface area (TPSA) is 12.0 Å². The molecule has 1 aliphatic carbocycles. The maximum absolute atomic E-state index is 4.36. The molecule has 1 unspecified atom stereocenters. The Kier molecular flexibility index (Phi) is 5.23. The molecule has 0 fully saturated rings. The fourth-order valence-corrected chi connectivity index (χ4v) is 15.5. The van der Waals surface area contributed by atoms with Crippen LogP contribution in [0.25, 0.3) is 0 Å². The molecule has 1 atom stereocenters. The van der Waals surface area contributed by atoms with E-state index in [0.717, 1.165) is 0 Å². The largest absolute Gasteiger partial charge is 0.352 e. The smallest absolute Gasteiger partial charge is 0.197 e. The van der Waals surface area contributed by atoms with Crippen molar-refractivity contribution in [1.82, 2.24) is 4.65 Å². The van der Waals surface area contributed by atoms with E-state index >= 15 is 0 Å². The van der Waals surface area contributed by atoms with Crippen LogP contribution in [0.3, 0.4) is 0 Å². The summed E-state index contributed by atoms with van der Waals surface area (Å²) in [4.78, 5) is 0. The van der Waals surface area contributed by atoms with E-state index in [9.17, 15) is 0 Å². The summed E-state index contributed by atoms with van der Waals surface area (Å²) in [6.07, 6.45) is 2.55. The molecule has 0 aromatic heterocycles. The summed E-state index contributed by atoms with van der Waals surface area (Å²) < 4.78 is 4.36. The Morgan fingerprint density at radius 2 is 1.19 bits per heavy atom. The molecular formula is C24H33NSi2. The highest BCUT2D eigenvalue weighted by Crippen LogP contribution is 2.52. The van der Waals surface area contributed by atoms with Gasteiger partial charge in [-0.3, -0.25) is 0 Å². The Hall–Kier alpha value is -1.69. The van der Waals surface area contributed by atoms with E-state index in [0.29, 0.717) is 0 Å². The summed E-state index contributed by atoms with van der Waals surface area (Å²) in [6, 6.07) is 22.5. The lowest BCUT2D eigenvalue weighted by Gasteiger charge is -2.49. The highest BCUT2D eigenvalue weighted by Gasteiger charge is 2.56. The van der Waals surface area contributed by atoms with Crippen molar-refractivity contribution in [2.75, 3.05) is 0 Å². The minimum absolute atomic E-state index is 0.00412. The lowest BCUT2D eigenvalue weighted by atomic mass is 10.0. The van der Waals surface area contributed by atoms with E-state index in [4.69, 9.17) is 0 Å². The molecule has 0 bridgehead atoms. The molecule has 3 heteroatoms. The van der Waals surface area contributed by atoms with Crippen molar-refractivity contribution in [2.45, 2.75) is 52.4 Å².